The lowest BCUT2D eigenvalue weighted by molar-refractivity contribution is -0.117. The molecule has 1 heterocycles. The van der Waals surface area contributed by atoms with Gasteiger partial charge in [0.2, 0.25) is 5.91 Å². The molecule has 1 aromatic carbocycles. The second-order valence-corrected chi connectivity index (χ2v) is 4.31. The van der Waals surface area contributed by atoms with Gasteiger partial charge in [0.25, 0.3) is 0 Å². The number of hydrogen-bond acceptors (Lipinski definition) is 2. The molecule has 3 N–H and O–H groups in total. The summed E-state index contributed by atoms with van der Waals surface area (Å²) in [6.45, 7) is 1.90. The molecule has 5 heteroatoms. The topological polar surface area (TPSA) is 68.1 Å². The number of carbonyl (C=O) groups is 1. The molecule has 0 saturated carbocycles. The first-order chi connectivity index (χ1) is 8.02. The summed E-state index contributed by atoms with van der Waals surface area (Å²) in [5, 5.41) is 1.45. The van der Waals surface area contributed by atoms with E-state index in [0.29, 0.717) is 10.8 Å². The summed E-state index contributed by atoms with van der Waals surface area (Å²) in [7, 11) is 1.56. The average molecular weight is 253 g/mol. The van der Waals surface area contributed by atoms with Crippen molar-refractivity contribution < 1.29 is 9.53 Å². The molecular weight excluding hydrogens is 240 g/mol. The third-order valence-corrected chi connectivity index (χ3v) is 3.04. The molecule has 0 spiro atoms. The van der Waals surface area contributed by atoms with Gasteiger partial charge in [-0.05, 0) is 24.6 Å². The van der Waals surface area contributed by atoms with Gasteiger partial charge in [-0.15, -0.1) is 0 Å². The molecule has 0 unspecified atom stereocenters. The zero-order chi connectivity index (χ0) is 12.6. The fourth-order valence-corrected chi connectivity index (χ4v) is 2.19. The molecule has 0 aliphatic rings. The number of hydrogen-bond donors (Lipinski definition) is 2. The van der Waals surface area contributed by atoms with E-state index in [-0.39, 0.29) is 12.3 Å². The van der Waals surface area contributed by atoms with Crippen LogP contribution in [0, 0.1) is 6.92 Å². The van der Waals surface area contributed by atoms with Gasteiger partial charge >= 0.3 is 0 Å². The highest BCUT2D eigenvalue weighted by molar-refractivity contribution is 6.32. The Balaban J connectivity index is 2.66. The van der Waals surface area contributed by atoms with Crippen LogP contribution in [0.1, 0.15) is 11.3 Å². The molecule has 0 radical (unpaired) electrons. The van der Waals surface area contributed by atoms with Crippen LogP contribution < -0.4 is 10.5 Å². The van der Waals surface area contributed by atoms with Crippen molar-refractivity contribution in [3.8, 4) is 5.75 Å². The lowest BCUT2D eigenvalue weighted by Gasteiger charge is -2.03. The predicted molar refractivity (Wildman–Crippen MR) is 67.5 cm³/mol. The molecule has 1 amide bonds. The number of halogens is 1. The third kappa shape index (κ3) is 2.08. The average Bonchev–Trinajstić information content (AvgIpc) is 2.53. The van der Waals surface area contributed by atoms with E-state index in [0.717, 1.165) is 22.2 Å². The predicted octanol–water partition coefficient (Wildman–Crippen LogP) is 2.17. The maximum absolute atomic E-state index is 11.0. The number of methoxy groups -OCH3 is 1. The van der Waals surface area contributed by atoms with Crippen molar-refractivity contribution >= 4 is 28.4 Å². The molecule has 0 saturated heterocycles. The van der Waals surface area contributed by atoms with Crippen molar-refractivity contribution in [2.75, 3.05) is 7.11 Å². The normalized spacial score (nSPS) is 10.8. The van der Waals surface area contributed by atoms with Crippen LogP contribution in [-0.2, 0) is 11.2 Å². The van der Waals surface area contributed by atoms with Crippen molar-refractivity contribution in [1.29, 1.82) is 0 Å². The summed E-state index contributed by atoms with van der Waals surface area (Å²) in [6.07, 6.45) is 0.205. The molecule has 0 fully saturated rings. The fraction of sp³-hybridized carbons (Fsp3) is 0.250. The van der Waals surface area contributed by atoms with Crippen LogP contribution in [0.2, 0.25) is 5.02 Å². The third-order valence-electron chi connectivity index (χ3n) is 2.74. The second-order valence-electron chi connectivity index (χ2n) is 3.90. The van der Waals surface area contributed by atoms with Crippen LogP contribution in [0.25, 0.3) is 10.9 Å². The van der Waals surface area contributed by atoms with E-state index in [1.165, 1.54) is 0 Å². The van der Waals surface area contributed by atoms with E-state index in [4.69, 9.17) is 22.1 Å². The second kappa shape index (κ2) is 4.30. The van der Waals surface area contributed by atoms with E-state index in [2.05, 4.69) is 4.98 Å². The number of benzene rings is 1. The first-order valence-corrected chi connectivity index (χ1v) is 5.53. The van der Waals surface area contributed by atoms with Gasteiger partial charge in [-0.2, -0.15) is 0 Å². The number of carbonyl (C=O) groups excluding carboxylic acids is 1. The molecule has 1 aromatic heterocycles. The molecule has 4 nitrogen and oxygen atoms in total. The van der Waals surface area contributed by atoms with Crippen molar-refractivity contribution in [1.82, 2.24) is 4.98 Å². The minimum atomic E-state index is -0.358. The van der Waals surface area contributed by atoms with Crippen LogP contribution >= 0.6 is 11.6 Å². The number of nitrogens with two attached hydrogens (primary N) is 1. The number of fused-ring (bicyclic) bond motifs is 1. The van der Waals surface area contributed by atoms with Gasteiger partial charge in [-0.25, -0.2) is 0 Å². The van der Waals surface area contributed by atoms with Gasteiger partial charge < -0.3 is 15.5 Å². The van der Waals surface area contributed by atoms with Crippen LogP contribution in [-0.4, -0.2) is 18.0 Å². The molecule has 0 aliphatic heterocycles. The summed E-state index contributed by atoms with van der Waals surface area (Å²) in [5.41, 5.74) is 7.92. The van der Waals surface area contributed by atoms with Crippen molar-refractivity contribution in [3.63, 3.8) is 0 Å². The summed E-state index contributed by atoms with van der Waals surface area (Å²) >= 11 is 6.03. The number of aromatic amines is 1. The lowest BCUT2D eigenvalue weighted by Crippen LogP contribution is -2.13. The summed E-state index contributed by atoms with van der Waals surface area (Å²) in [6, 6.07) is 3.60. The molecule has 0 atom stereocenters. The fourth-order valence-electron chi connectivity index (χ4n) is 1.94. The first kappa shape index (κ1) is 11.8. The molecular formula is C12H13ClN2O2. The molecule has 90 valence electrons. The summed E-state index contributed by atoms with van der Waals surface area (Å²) < 4.78 is 5.16. The maximum Gasteiger partial charge on any atom is 0.221 e. The van der Waals surface area contributed by atoms with Gasteiger partial charge in [-0.1, -0.05) is 11.6 Å². The SMILES string of the molecule is COc1cc2c(CC(N)=O)c(C)[nH]c2cc1Cl. The highest BCUT2D eigenvalue weighted by Gasteiger charge is 2.13. The van der Waals surface area contributed by atoms with Gasteiger partial charge in [0, 0.05) is 16.6 Å². The number of rotatable bonds is 3. The van der Waals surface area contributed by atoms with E-state index in [1.54, 1.807) is 13.2 Å². The van der Waals surface area contributed by atoms with Gasteiger partial charge in [-0.3, -0.25) is 4.79 Å². The van der Waals surface area contributed by atoms with Gasteiger partial charge in [0.1, 0.15) is 5.75 Å². The number of amides is 1. The number of nitrogens with one attached hydrogen (secondary N) is 1. The Hall–Kier alpha value is -1.68. The minimum Gasteiger partial charge on any atom is -0.495 e. The number of H-pyrrole nitrogens is 1. The van der Waals surface area contributed by atoms with Gasteiger partial charge in [0.15, 0.2) is 0 Å². The quantitative estimate of drug-likeness (QED) is 0.879. The molecule has 0 aliphatic carbocycles. The van der Waals surface area contributed by atoms with Crippen molar-refractivity contribution in [2.24, 2.45) is 5.73 Å². The number of aromatic nitrogens is 1. The van der Waals surface area contributed by atoms with E-state index < -0.39 is 0 Å². The Labute approximate surface area is 104 Å². The molecule has 17 heavy (non-hydrogen) atoms. The maximum atomic E-state index is 11.0. The lowest BCUT2D eigenvalue weighted by atomic mass is 10.1. The monoisotopic (exact) mass is 252 g/mol. The summed E-state index contributed by atoms with van der Waals surface area (Å²) in [4.78, 5) is 14.2. The van der Waals surface area contributed by atoms with E-state index >= 15 is 0 Å². The minimum absolute atomic E-state index is 0.205. The Morgan fingerprint density at radius 3 is 2.82 bits per heavy atom. The Morgan fingerprint density at radius 1 is 1.53 bits per heavy atom. The standard InChI is InChI=1S/C12H13ClN2O2/c1-6-7(4-12(14)16)8-3-11(17-2)9(13)5-10(8)15-6/h3,5,15H,4H2,1-2H3,(H2,14,16). The highest BCUT2D eigenvalue weighted by Crippen LogP contribution is 2.32. The van der Waals surface area contributed by atoms with Gasteiger partial charge in [0.05, 0.1) is 18.6 Å². The molecule has 2 rings (SSSR count). The highest BCUT2D eigenvalue weighted by atomic mass is 35.5. The van der Waals surface area contributed by atoms with Crippen LogP contribution in [0.15, 0.2) is 12.1 Å². The Kier molecular flexibility index (Phi) is 2.98. The number of ether oxygens (including phenoxy) is 1. The molecule has 0 bridgehead atoms. The Morgan fingerprint density at radius 2 is 2.24 bits per heavy atom. The zero-order valence-electron chi connectivity index (χ0n) is 9.63. The first-order valence-electron chi connectivity index (χ1n) is 5.16. The van der Waals surface area contributed by atoms with Crippen LogP contribution in [0.5, 0.6) is 5.75 Å². The van der Waals surface area contributed by atoms with Crippen molar-refractivity contribution in [3.05, 3.63) is 28.4 Å². The van der Waals surface area contributed by atoms with E-state index in [9.17, 15) is 4.79 Å². The number of aryl methyl sites for hydroxylation is 1. The number of primary amides is 1. The zero-order valence-corrected chi connectivity index (χ0v) is 10.4. The molecule has 2 aromatic rings. The Bertz CT molecular complexity index is 590. The van der Waals surface area contributed by atoms with E-state index in [1.807, 2.05) is 13.0 Å². The van der Waals surface area contributed by atoms with Crippen LogP contribution in [0.4, 0.5) is 0 Å². The largest absolute Gasteiger partial charge is 0.495 e. The van der Waals surface area contributed by atoms with Crippen LogP contribution in [0.3, 0.4) is 0 Å². The smallest absolute Gasteiger partial charge is 0.221 e. The summed E-state index contributed by atoms with van der Waals surface area (Å²) in [5.74, 6) is 0.229. The van der Waals surface area contributed by atoms with Crippen molar-refractivity contribution in [2.45, 2.75) is 13.3 Å².